The molecule has 0 bridgehead atoms. The Morgan fingerprint density at radius 3 is 2.33 bits per heavy atom. The SMILES string of the molecule is CCc1cc(=O)n(C2CCCCCCC2)c(=O)[nH]1. The summed E-state index contributed by atoms with van der Waals surface area (Å²) in [4.78, 5) is 26.9. The fourth-order valence-corrected chi connectivity index (χ4v) is 2.78. The molecule has 0 atom stereocenters. The van der Waals surface area contributed by atoms with Crippen molar-refractivity contribution < 1.29 is 0 Å². The van der Waals surface area contributed by atoms with Crippen LogP contribution in [0.25, 0.3) is 0 Å². The fraction of sp³-hybridized carbons (Fsp3) is 0.714. The van der Waals surface area contributed by atoms with Gasteiger partial charge in [-0.3, -0.25) is 9.36 Å². The number of aromatic amines is 1. The molecule has 4 heteroatoms. The zero-order chi connectivity index (χ0) is 13.0. The van der Waals surface area contributed by atoms with E-state index >= 15 is 0 Å². The van der Waals surface area contributed by atoms with Crippen LogP contribution in [0.4, 0.5) is 0 Å². The van der Waals surface area contributed by atoms with E-state index in [1.807, 2.05) is 6.92 Å². The first-order valence-electron chi connectivity index (χ1n) is 7.07. The second kappa shape index (κ2) is 6.03. The van der Waals surface area contributed by atoms with E-state index in [1.54, 1.807) is 6.07 Å². The Morgan fingerprint density at radius 1 is 1.17 bits per heavy atom. The van der Waals surface area contributed by atoms with Crippen molar-refractivity contribution in [2.45, 2.75) is 64.3 Å². The molecule has 100 valence electrons. The monoisotopic (exact) mass is 250 g/mol. The summed E-state index contributed by atoms with van der Waals surface area (Å²) < 4.78 is 1.44. The van der Waals surface area contributed by atoms with Gasteiger partial charge >= 0.3 is 5.69 Å². The van der Waals surface area contributed by atoms with Gasteiger partial charge in [-0.25, -0.2) is 4.79 Å². The van der Waals surface area contributed by atoms with Gasteiger partial charge in [-0.15, -0.1) is 0 Å². The number of rotatable bonds is 2. The molecule has 1 aromatic rings. The van der Waals surface area contributed by atoms with Gasteiger partial charge in [0.1, 0.15) is 0 Å². The van der Waals surface area contributed by atoms with Crippen LogP contribution in [0.3, 0.4) is 0 Å². The molecule has 1 saturated carbocycles. The molecule has 1 heterocycles. The zero-order valence-electron chi connectivity index (χ0n) is 11.1. The van der Waals surface area contributed by atoms with Crippen molar-refractivity contribution in [1.29, 1.82) is 0 Å². The molecule has 0 spiro atoms. The van der Waals surface area contributed by atoms with Gasteiger partial charge < -0.3 is 4.98 Å². The van der Waals surface area contributed by atoms with Gasteiger partial charge in [-0.05, 0) is 19.3 Å². The van der Waals surface area contributed by atoms with E-state index in [0.29, 0.717) is 6.42 Å². The Morgan fingerprint density at radius 2 is 1.78 bits per heavy atom. The van der Waals surface area contributed by atoms with Crippen LogP contribution in [0.1, 0.15) is 63.6 Å². The molecule has 0 unspecified atom stereocenters. The number of nitrogens with zero attached hydrogens (tertiary/aromatic N) is 1. The lowest BCUT2D eigenvalue weighted by Gasteiger charge is -2.21. The minimum atomic E-state index is -0.232. The van der Waals surface area contributed by atoms with Gasteiger partial charge in [-0.2, -0.15) is 0 Å². The van der Waals surface area contributed by atoms with E-state index in [0.717, 1.165) is 31.4 Å². The first-order chi connectivity index (χ1) is 8.72. The minimum absolute atomic E-state index is 0.0902. The molecule has 0 radical (unpaired) electrons. The second-order valence-corrected chi connectivity index (χ2v) is 5.16. The van der Waals surface area contributed by atoms with Gasteiger partial charge in [0.25, 0.3) is 5.56 Å². The summed E-state index contributed by atoms with van der Waals surface area (Å²) in [6.45, 7) is 1.94. The van der Waals surface area contributed by atoms with Gasteiger partial charge in [-0.1, -0.05) is 39.0 Å². The number of H-pyrrole nitrogens is 1. The second-order valence-electron chi connectivity index (χ2n) is 5.16. The van der Waals surface area contributed by atoms with E-state index in [2.05, 4.69) is 4.98 Å². The van der Waals surface area contributed by atoms with Crippen LogP contribution in [0, 0.1) is 0 Å². The van der Waals surface area contributed by atoms with Gasteiger partial charge in [0.15, 0.2) is 0 Å². The molecule has 1 aromatic heterocycles. The fourth-order valence-electron chi connectivity index (χ4n) is 2.78. The molecule has 18 heavy (non-hydrogen) atoms. The van der Waals surface area contributed by atoms with Crippen LogP contribution in [0.2, 0.25) is 0 Å². The Balaban J connectivity index is 2.31. The third-order valence-electron chi connectivity index (χ3n) is 3.84. The highest BCUT2D eigenvalue weighted by Crippen LogP contribution is 2.24. The molecule has 0 amide bonds. The minimum Gasteiger partial charge on any atom is -0.311 e. The zero-order valence-corrected chi connectivity index (χ0v) is 11.1. The first kappa shape index (κ1) is 13.1. The van der Waals surface area contributed by atoms with Crippen molar-refractivity contribution >= 4 is 0 Å². The third-order valence-corrected chi connectivity index (χ3v) is 3.84. The van der Waals surface area contributed by atoms with Gasteiger partial charge in [0.2, 0.25) is 0 Å². The van der Waals surface area contributed by atoms with Crippen molar-refractivity contribution in [3.05, 3.63) is 32.6 Å². The highest BCUT2D eigenvalue weighted by molar-refractivity contribution is 5.00. The van der Waals surface area contributed by atoms with Crippen molar-refractivity contribution in [2.24, 2.45) is 0 Å². The van der Waals surface area contributed by atoms with Crippen LogP contribution in [0.15, 0.2) is 15.7 Å². The van der Waals surface area contributed by atoms with Gasteiger partial charge in [0.05, 0.1) is 0 Å². The summed E-state index contributed by atoms with van der Waals surface area (Å²) in [7, 11) is 0. The molecule has 1 N–H and O–H groups in total. The smallest absolute Gasteiger partial charge is 0.311 e. The molecule has 1 aliphatic carbocycles. The van der Waals surface area contributed by atoms with Crippen molar-refractivity contribution in [1.82, 2.24) is 9.55 Å². The van der Waals surface area contributed by atoms with Crippen LogP contribution >= 0.6 is 0 Å². The molecular weight excluding hydrogens is 228 g/mol. The number of nitrogens with one attached hydrogen (secondary N) is 1. The molecule has 0 aliphatic heterocycles. The summed E-state index contributed by atoms with van der Waals surface area (Å²) in [5, 5.41) is 0. The Labute approximate surface area is 107 Å². The normalized spacial score (nSPS) is 18.3. The van der Waals surface area contributed by atoms with E-state index in [9.17, 15) is 9.59 Å². The number of aryl methyl sites for hydroxylation is 1. The summed E-state index contributed by atoms with van der Waals surface area (Å²) in [6.07, 6.45) is 8.55. The number of aromatic nitrogens is 2. The van der Waals surface area contributed by atoms with Crippen LogP contribution in [0.5, 0.6) is 0 Å². The lowest BCUT2D eigenvalue weighted by molar-refractivity contribution is 0.354. The van der Waals surface area contributed by atoms with E-state index in [-0.39, 0.29) is 17.3 Å². The molecule has 0 aromatic carbocycles. The average molecular weight is 250 g/mol. The largest absolute Gasteiger partial charge is 0.328 e. The number of hydrogen-bond donors (Lipinski definition) is 1. The molecule has 4 nitrogen and oxygen atoms in total. The summed E-state index contributed by atoms with van der Waals surface area (Å²) in [5.41, 5.74) is 0.359. The predicted octanol–water partition coefficient (Wildman–Crippen LogP) is 2.38. The summed E-state index contributed by atoms with van der Waals surface area (Å²) in [5.74, 6) is 0. The first-order valence-corrected chi connectivity index (χ1v) is 7.07. The lowest BCUT2D eigenvalue weighted by atomic mass is 9.96. The third kappa shape index (κ3) is 2.92. The Kier molecular flexibility index (Phi) is 4.39. The number of hydrogen-bond acceptors (Lipinski definition) is 2. The van der Waals surface area contributed by atoms with Crippen LogP contribution in [-0.2, 0) is 6.42 Å². The van der Waals surface area contributed by atoms with E-state index in [1.165, 1.54) is 23.8 Å². The maximum Gasteiger partial charge on any atom is 0.328 e. The Bertz CT molecular complexity index is 462. The van der Waals surface area contributed by atoms with Crippen molar-refractivity contribution in [2.75, 3.05) is 0 Å². The van der Waals surface area contributed by atoms with Crippen molar-refractivity contribution in [3.8, 4) is 0 Å². The summed E-state index contributed by atoms with van der Waals surface area (Å²) in [6, 6.07) is 1.66. The van der Waals surface area contributed by atoms with Crippen LogP contribution < -0.4 is 11.2 Å². The van der Waals surface area contributed by atoms with Gasteiger partial charge in [0, 0.05) is 17.8 Å². The highest BCUT2D eigenvalue weighted by Gasteiger charge is 2.17. The van der Waals surface area contributed by atoms with Crippen LogP contribution in [-0.4, -0.2) is 9.55 Å². The molecule has 0 saturated heterocycles. The Hall–Kier alpha value is -1.32. The summed E-state index contributed by atoms with van der Waals surface area (Å²) >= 11 is 0. The quantitative estimate of drug-likeness (QED) is 0.876. The van der Waals surface area contributed by atoms with E-state index in [4.69, 9.17) is 0 Å². The lowest BCUT2D eigenvalue weighted by Crippen LogP contribution is -2.38. The molecular formula is C14H22N2O2. The predicted molar refractivity (Wildman–Crippen MR) is 72.1 cm³/mol. The standard InChI is InChI=1S/C14H22N2O2/c1-2-11-10-13(17)16(14(18)15-11)12-8-6-4-3-5-7-9-12/h10,12H,2-9H2,1H3,(H,15,18). The maximum absolute atomic E-state index is 12.1. The topological polar surface area (TPSA) is 54.9 Å². The maximum atomic E-state index is 12.1. The molecule has 1 fully saturated rings. The molecule has 1 aliphatic rings. The molecule has 2 rings (SSSR count). The van der Waals surface area contributed by atoms with Crippen molar-refractivity contribution in [3.63, 3.8) is 0 Å². The van der Waals surface area contributed by atoms with E-state index < -0.39 is 0 Å². The highest BCUT2D eigenvalue weighted by atomic mass is 16.2. The average Bonchev–Trinajstić information content (AvgIpc) is 2.30.